The Morgan fingerprint density at radius 3 is 2.89 bits per heavy atom. The van der Waals surface area contributed by atoms with Gasteiger partial charge in [0.15, 0.2) is 0 Å². The Labute approximate surface area is 162 Å². The first-order chi connectivity index (χ1) is 13.5. The maximum atomic E-state index is 11.8. The van der Waals surface area contributed by atoms with E-state index >= 15 is 0 Å². The molecule has 1 aromatic rings. The number of amides is 1. The topological polar surface area (TPSA) is 130 Å². The number of hydroxylamine groups is 1. The molecule has 0 spiro atoms. The van der Waals surface area contributed by atoms with Crippen LogP contribution in [0.15, 0.2) is 12.1 Å². The summed E-state index contributed by atoms with van der Waals surface area (Å²) < 4.78 is 11.2. The summed E-state index contributed by atoms with van der Waals surface area (Å²) in [5, 5.41) is 22.2. The third kappa shape index (κ3) is 4.93. The molecule has 0 bridgehead atoms. The second kappa shape index (κ2) is 9.24. The number of likely N-dealkylation sites (N-methyl/N-ethyl adjacent to an activating group) is 1. The third-order valence-electron chi connectivity index (χ3n) is 4.55. The van der Waals surface area contributed by atoms with Gasteiger partial charge in [0, 0.05) is 19.6 Å². The lowest BCUT2D eigenvalue weighted by Crippen LogP contribution is -2.56. The van der Waals surface area contributed by atoms with Gasteiger partial charge in [0.1, 0.15) is 23.2 Å². The van der Waals surface area contributed by atoms with E-state index in [1.54, 1.807) is 19.2 Å². The fourth-order valence-electron chi connectivity index (χ4n) is 3.14. The molecule has 1 amide bonds. The molecule has 11 heteroatoms. The highest BCUT2D eigenvalue weighted by Gasteiger charge is 2.34. The van der Waals surface area contributed by atoms with Crippen molar-refractivity contribution in [2.45, 2.75) is 18.8 Å². The lowest BCUT2D eigenvalue weighted by Gasteiger charge is -2.38. The van der Waals surface area contributed by atoms with Crippen LogP contribution in [-0.4, -0.2) is 80.0 Å². The number of hydrogen-bond donors (Lipinski definition) is 4. The zero-order valence-electron chi connectivity index (χ0n) is 15.6. The van der Waals surface area contributed by atoms with Crippen LogP contribution in [-0.2, 0) is 16.1 Å². The van der Waals surface area contributed by atoms with Crippen molar-refractivity contribution < 1.29 is 33.9 Å². The molecule has 4 N–H and O–H groups in total. The smallest absolute Gasteiger partial charge is 0.522 e. The number of aromatic carboxylic acids is 1. The van der Waals surface area contributed by atoms with E-state index in [1.165, 1.54) is 0 Å². The molecule has 3 rings (SSSR count). The Kier molecular flexibility index (Phi) is 6.73. The van der Waals surface area contributed by atoms with Crippen LogP contribution in [0.4, 0.5) is 0 Å². The van der Waals surface area contributed by atoms with E-state index in [4.69, 9.17) is 14.2 Å². The van der Waals surface area contributed by atoms with E-state index in [0.717, 1.165) is 5.56 Å². The number of fused-ring (bicyclic) bond motifs is 1. The van der Waals surface area contributed by atoms with Gasteiger partial charge in [-0.05, 0) is 31.4 Å². The number of carbonyl (C=O) groups excluding carboxylic acids is 1. The standard InChI is InChI=1S/C17H24BN3O7/c1-19-6-7-26-20-14(22)10-21-8-12(9-21)27-13-3-2-11-4-5-18(25)28-16(11)15(13)17(23)24/h2-3,12,19,25H,4-10H2,1H3,(H,20,22)(H,23,24). The van der Waals surface area contributed by atoms with Crippen LogP contribution in [0.1, 0.15) is 15.9 Å². The predicted molar refractivity (Wildman–Crippen MR) is 99.4 cm³/mol. The van der Waals surface area contributed by atoms with Crippen molar-refractivity contribution >= 4 is 19.0 Å². The minimum Gasteiger partial charge on any atom is -0.535 e. The largest absolute Gasteiger partial charge is 0.535 e. The summed E-state index contributed by atoms with van der Waals surface area (Å²) in [6.45, 7) is 2.16. The average molecular weight is 393 g/mol. The number of nitrogens with zero attached hydrogens (tertiary/aromatic N) is 1. The van der Waals surface area contributed by atoms with Crippen molar-refractivity contribution in [3.63, 3.8) is 0 Å². The number of hydrogen-bond acceptors (Lipinski definition) is 8. The van der Waals surface area contributed by atoms with Crippen LogP contribution < -0.4 is 20.2 Å². The Morgan fingerprint density at radius 2 is 2.18 bits per heavy atom. The lowest BCUT2D eigenvalue weighted by molar-refractivity contribution is -0.136. The van der Waals surface area contributed by atoms with Crippen molar-refractivity contribution in [3.8, 4) is 11.5 Å². The van der Waals surface area contributed by atoms with Gasteiger partial charge in [-0.2, -0.15) is 0 Å². The summed E-state index contributed by atoms with van der Waals surface area (Å²) in [5.74, 6) is -1.06. The molecule has 2 heterocycles. The first-order valence-corrected chi connectivity index (χ1v) is 9.16. The van der Waals surface area contributed by atoms with Crippen LogP contribution in [0.3, 0.4) is 0 Å². The highest BCUT2D eigenvalue weighted by Crippen LogP contribution is 2.37. The van der Waals surface area contributed by atoms with Crippen molar-refractivity contribution in [1.29, 1.82) is 0 Å². The Hall–Kier alpha value is -2.34. The van der Waals surface area contributed by atoms with E-state index in [-0.39, 0.29) is 35.6 Å². The van der Waals surface area contributed by atoms with Crippen LogP contribution >= 0.6 is 0 Å². The lowest BCUT2D eigenvalue weighted by atomic mass is 9.78. The van der Waals surface area contributed by atoms with Crippen molar-refractivity contribution in [2.75, 3.05) is 39.8 Å². The molecule has 10 nitrogen and oxygen atoms in total. The van der Waals surface area contributed by atoms with E-state index in [0.29, 0.717) is 39.0 Å². The molecule has 0 saturated carbocycles. The van der Waals surface area contributed by atoms with Crippen LogP contribution in [0, 0.1) is 0 Å². The summed E-state index contributed by atoms with van der Waals surface area (Å²) in [6.07, 6.45) is 0.729. The molecule has 1 aromatic carbocycles. The number of rotatable bonds is 9. The Balaban J connectivity index is 1.53. The number of carbonyl (C=O) groups is 2. The maximum absolute atomic E-state index is 11.8. The summed E-state index contributed by atoms with van der Waals surface area (Å²) in [5.41, 5.74) is 3.02. The van der Waals surface area contributed by atoms with E-state index in [2.05, 4.69) is 10.8 Å². The normalized spacial score (nSPS) is 16.7. The molecule has 1 fully saturated rings. The van der Waals surface area contributed by atoms with Gasteiger partial charge >= 0.3 is 13.1 Å². The van der Waals surface area contributed by atoms with Crippen LogP contribution in [0.25, 0.3) is 0 Å². The molecule has 1 saturated heterocycles. The minimum absolute atomic E-state index is 0.0784. The first-order valence-electron chi connectivity index (χ1n) is 9.16. The first kappa shape index (κ1) is 20.4. The van der Waals surface area contributed by atoms with E-state index in [9.17, 15) is 19.7 Å². The summed E-state index contributed by atoms with van der Waals surface area (Å²) in [6, 6.07) is 3.38. The van der Waals surface area contributed by atoms with Gasteiger partial charge in [0.2, 0.25) is 0 Å². The molecule has 2 aliphatic rings. The van der Waals surface area contributed by atoms with Gasteiger partial charge in [-0.25, -0.2) is 10.3 Å². The Morgan fingerprint density at radius 1 is 1.39 bits per heavy atom. The minimum atomic E-state index is -1.17. The summed E-state index contributed by atoms with van der Waals surface area (Å²) in [4.78, 5) is 30.3. The van der Waals surface area contributed by atoms with Crippen LogP contribution in [0.5, 0.6) is 11.5 Å². The number of carboxylic acids is 1. The van der Waals surface area contributed by atoms with Gasteiger partial charge in [0.25, 0.3) is 5.91 Å². The van der Waals surface area contributed by atoms with Crippen LogP contribution in [0.2, 0.25) is 6.32 Å². The molecule has 152 valence electrons. The summed E-state index contributed by atoms with van der Waals surface area (Å²) in [7, 11) is 0.770. The second-order valence-electron chi connectivity index (χ2n) is 6.75. The molecule has 0 atom stereocenters. The zero-order valence-corrected chi connectivity index (χ0v) is 15.6. The maximum Gasteiger partial charge on any atom is 0.522 e. The molecule has 0 radical (unpaired) electrons. The van der Waals surface area contributed by atoms with Gasteiger partial charge in [-0.1, -0.05) is 6.07 Å². The quantitative estimate of drug-likeness (QED) is 0.240. The fraction of sp³-hybridized carbons (Fsp3) is 0.529. The second-order valence-corrected chi connectivity index (χ2v) is 6.75. The number of aryl methyl sites for hydroxylation is 1. The van der Waals surface area contributed by atoms with Gasteiger partial charge < -0.3 is 24.8 Å². The molecule has 0 aliphatic carbocycles. The van der Waals surface area contributed by atoms with Crippen molar-refractivity contribution in [1.82, 2.24) is 15.7 Å². The van der Waals surface area contributed by atoms with Crippen molar-refractivity contribution in [3.05, 3.63) is 23.3 Å². The summed E-state index contributed by atoms with van der Waals surface area (Å²) >= 11 is 0. The number of nitrogens with one attached hydrogen (secondary N) is 2. The van der Waals surface area contributed by atoms with E-state index < -0.39 is 13.1 Å². The molecule has 0 aromatic heterocycles. The van der Waals surface area contributed by atoms with Crippen molar-refractivity contribution in [2.24, 2.45) is 0 Å². The SMILES string of the molecule is CNCCONC(=O)CN1CC(Oc2ccc3c(c2C(=O)O)OB(O)CC3)C1. The third-order valence-corrected chi connectivity index (χ3v) is 4.55. The number of likely N-dealkylation sites (tertiary alicyclic amines) is 1. The molecular weight excluding hydrogens is 369 g/mol. The molecular formula is C17H24BN3O7. The predicted octanol–water partition coefficient (Wildman–Crippen LogP) is -0.870. The molecule has 2 aliphatic heterocycles. The number of ether oxygens (including phenoxy) is 1. The molecule has 0 unspecified atom stereocenters. The fourth-order valence-corrected chi connectivity index (χ4v) is 3.14. The Bertz CT molecular complexity index is 727. The van der Waals surface area contributed by atoms with Gasteiger partial charge in [-0.15, -0.1) is 0 Å². The van der Waals surface area contributed by atoms with E-state index in [1.807, 2.05) is 4.90 Å². The molecule has 28 heavy (non-hydrogen) atoms. The van der Waals surface area contributed by atoms with Gasteiger partial charge in [-0.3, -0.25) is 14.5 Å². The zero-order chi connectivity index (χ0) is 20.1. The number of benzene rings is 1. The highest BCUT2D eigenvalue weighted by molar-refractivity contribution is 6.44. The monoisotopic (exact) mass is 393 g/mol. The van der Waals surface area contributed by atoms with Gasteiger partial charge in [0.05, 0.1) is 13.2 Å². The highest BCUT2D eigenvalue weighted by atomic mass is 16.7. The average Bonchev–Trinajstić information content (AvgIpc) is 2.62. The number of carboxylic acid groups (broad SMARTS) is 1.